The average molecular weight is 254 g/mol. The molecular formula is C14H19N2NaO. The molecule has 0 atom stereocenters. The van der Waals surface area contributed by atoms with Crippen LogP contribution in [0.1, 0.15) is 30.4 Å². The Morgan fingerprint density at radius 1 is 1.11 bits per heavy atom. The molecular weight excluding hydrogens is 235 g/mol. The van der Waals surface area contributed by atoms with Gasteiger partial charge in [-0.2, -0.15) is 0 Å². The number of benzene rings is 1. The van der Waals surface area contributed by atoms with Gasteiger partial charge in [-0.1, -0.05) is 37.5 Å². The van der Waals surface area contributed by atoms with Gasteiger partial charge in [-0.25, -0.2) is 0 Å². The fourth-order valence-corrected chi connectivity index (χ4v) is 2.23. The van der Waals surface area contributed by atoms with E-state index in [4.69, 9.17) is 0 Å². The molecule has 1 aromatic carbocycles. The number of rotatable bonds is 1. The molecule has 0 N–H and O–H groups in total. The number of hydrogen-bond donors (Lipinski definition) is 0. The van der Waals surface area contributed by atoms with Crippen molar-refractivity contribution in [3.63, 3.8) is 0 Å². The van der Waals surface area contributed by atoms with Crippen molar-refractivity contribution in [2.24, 2.45) is 0 Å². The van der Waals surface area contributed by atoms with Crippen LogP contribution in [0, 0.1) is 13.8 Å². The van der Waals surface area contributed by atoms with E-state index in [-0.39, 0.29) is 35.6 Å². The Bertz CT molecular complexity index is 394. The van der Waals surface area contributed by atoms with Gasteiger partial charge in [0, 0.05) is 0 Å². The smallest absolute Gasteiger partial charge is 0.436 e. The van der Waals surface area contributed by atoms with Crippen molar-refractivity contribution in [2.45, 2.75) is 33.1 Å². The first-order valence-electron chi connectivity index (χ1n) is 6.25. The Hall–Kier alpha value is -0.510. The quantitative estimate of drug-likeness (QED) is 0.686. The summed E-state index contributed by atoms with van der Waals surface area (Å²) in [6, 6.07) is 5.90. The third kappa shape index (κ3) is 3.74. The van der Waals surface area contributed by atoms with Crippen LogP contribution in [0.2, 0.25) is 0 Å². The summed E-state index contributed by atoms with van der Waals surface area (Å²) in [5.74, 6) is 0. The number of piperidine rings is 1. The van der Waals surface area contributed by atoms with Crippen LogP contribution in [0.3, 0.4) is 0 Å². The Morgan fingerprint density at radius 2 is 1.67 bits per heavy atom. The summed E-state index contributed by atoms with van der Waals surface area (Å²) in [6.07, 6.45) is 3.44. The monoisotopic (exact) mass is 254 g/mol. The van der Waals surface area contributed by atoms with E-state index in [1.807, 2.05) is 36.9 Å². The maximum absolute atomic E-state index is 12.0. The van der Waals surface area contributed by atoms with Crippen LogP contribution < -0.4 is 29.6 Å². The Labute approximate surface area is 131 Å². The fourth-order valence-electron chi connectivity index (χ4n) is 2.23. The number of aryl methyl sites for hydroxylation is 2. The van der Waals surface area contributed by atoms with Crippen molar-refractivity contribution in [1.29, 1.82) is 0 Å². The van der Waals surface area contributed by atoms with Gasteiger partial charge < -0.3 is 10.2 Å². The van der Waals surface area contributed by atoms with E-state index in [9.17, 15) is 4.79 Å². The van der Waals surface area contributed by atoms with Crippen molar-refractivity contribution in [2.75, 3.05) is 13.1 Å². The third-order valence-electron chi connectivity index (χ3n) is 3.27. The largest absolute Gasteiger partial charge is 1.00 e. The number of hydrogen-bond acceptors (Lipinski definition) is 1. The fraction of sp³-hybridized carbons (Fsp3) is 0.500. The first kappa shape index (κ1) is 15.5. The second kappa shape index (κ2) is 7.17. The molecule has 1 saturated heterocycles. The van der Waals surface area contributed by atoms with Gasteiger partial charge in [0.05, 0.1) is 0 Å². The van der Waals surface area contributed by atoms with Gasteiger partial charge in [0.2, 0.25) is 0 Å². The Morgan fingerprint density at radius 3 is 2.22 bits per heavy atom. The molecule has 3 nitrogen and oxygen atoms in total. The maximum Gasteiger partial charge on any atom is 1.00 e. The van der Waals surface area contributed by atoms with Gasteiger partial charge in [0.1, 0.15) is 0 Å². The molecule has 1 heterocycles. The molecule has 1 aliphatic rings. The van der Waals surface area contributed by atoms with Crippen LogP contribution in [-0.4, -0.2) is 24.0 Å². The van der Waals surface area contributed by atoms with Gasteiger partial charge in [-0.3, -0.25) is 4.79 Å². The van der Waals surface area contributed by atoms with Crippen LogP contribution in [-0.2, 0) is 0 Å². The third-order valence-corrected chi connectivity index (χ3v) is 3.27. The molecule has 92 valence electrons. The Balaban J connectivity index is 0.00000162. The zero-order chi connectivity index (χ0) is 12.3. The predicted octanol–water partition coefficient (Wildman–Crippen LogP) is 0.919. The summed E-state index contributed by atoms with van der Waals surface area (Å²) < 4.78 is 0. The maximum atomic E-state index is 12.0. The zero-order valence-corrected chi connectivity index (χ0v) is 13.6. The first-order valence-corrected chi connectivity index (χ1v) is 6.25. The number of carbonyl (C=O) groups is 1. The van der Waals surface area contributed by atoms with E-state index < -0.39 is 0 Å². The number of likely N-dealkylation sites (tertiary alicyclic amines) is 1. The average Bonchev–Trinajstić information content (AvgIpc) is 2.35. The van der Waals surface area contributed by atoms with Crippen LogP contribution in [0.25, 0.3) is 5.32 Å². The molecule has 1 aromatic rings. The molecule has 18 heavy (non-hydrogen) atoms. The van der Waals surface area contributed by atoms with Crippen LogP contribution in [0.15, 0.2) is 18.2 Å². The van der Waals surface area contributed by atoms with E-state index >= 15 is 0 Å². The molecule has 0 bridgehead atoms. The molecule has 2 rings (SSSR count). The van der Waals surface area contributed by atoms with E-state index in [2.05, 4.69) is 5.32 Å². The topological polar surface area (TPSA) is 34.4 Å². The molecule has 0 aliphatic carbocycles. The van der Waals surface area contributed by atoms with E-state index in [0.717, 1.165) is 42.7 Å². The predicted molar refractivity (Wildman–Crippen MR) is 69.8 cm³/mol. The second-order valence-corrected chi connectivity index (χ2v) is 4.68. The number of para-hydroxylation sites is 1. The molecule has 4 heteroatoms. The summed E-state index contributed by atoms with van der Waals surface area (Å²) in [5, 5.41) is 4.27. The molecule has 1 aliphatic heterocycles. The van der Waals surface area contributed by atoms with Crippen molar-refractivity contribution >= 4 is 11.7 Å². The van der Waals surface area contributed by atoms with Gasteiger partial charge in [-0.15, -0.1) is 0 Å². The van der Waals surface area contributed by atoms with Crippen molar-refractivity contribution < 1.29 is 34.4 Å². The standard InChI is InChI=1S/C14H20N2O.Na/c1-11-7-6-8-12(2)13(11)15-14(17)16-9-4-3-5-10-16;/h6-8H,3-5,9-10H2,1-2H3,(H,15,17);/q;+1/p-1. The SMILES string of the molecule is Cc1cccc(C)c1[N-]C(=O)N1CCCCC1.[Na+]. The summed E-state index contributed by atoms with van der Waals surface area (Å²) in [7, 11) is 0. The van der Waals surface area contributed by atoms with Crippen LogP contribution >= 0.6 is 0 Å². The first-order chi connectivity index (χ1) is 8.18. The van der Waals surface area contributed by atoms with Crippen molar-refractivity contribution in [1.82, 2.24) is 4.90 Å². The normalized spacial score (nSPS) is 14.9. The van der Waals surface area contributed by atoms with Crippen molar-refractivity contribution in [3.05, 3.63) is 34.6 Å². The molecule has 0 saturated carbocycles. The summed E-state index contributed by atoms with van der Waals surface area (Å²) in [6.45, 7) is 5.70. The number of urea groups is 1. The zero-order valence-electron chi connectivity index (χ0n) is 11.6. The Kier molecular flexibility index (Phi) is 6.19. The van der Waals surface area contributed by atoms with Gasteiger partial charge in [0.25, 0.3) is 0 Å². The summed E-state index contributed by atoms with van der Waals surface area (Å²) in [5.41, 5.74) is 2.97. The van der Waals surface area contributed by atoms with E-state index in [1.54, 1.807) is 0 Å². The number of amides is 2. The van der Waals surface area contributed by atoms with Gasteiger partial charge >= 0.3 is 29.6 Å². The molecule has 2 amide bonds. The van der Waals surface area contributed by atoms with Crippen LogP contribution in [0.4, 0.5) is 10.5 Å². The van der Waals surface area contributed by atoms with Crippen molar-refractivity contribution in [3.8, 4) is 0 Å². The van der Waals surface area contributed by atoms with Gasteiger partial charge in [0.15, 0.2) is 6.03 Å². The minimum absolute atomic E-state index is 0. The molecule has 0 unspecified atom stereocenters. The number of carbonyl (C=O) groups excluding carboxylic acids is 1. The van der Waals surface area contributed by atoms with E-state index in [0.29, 0.717) is 0 Å². The molecule has 0 aromatic heterocycles. The summed E-state index contributed by atoms with van der Waals surface area (Å²) >= 11 is 0. The molecule has 0 radical (unpaired) electrons. The minimum Gasteiger partial charge on any atom is -0.436 e. The summed E-state index contributed by atoms with van der Waals surface area (Å²) in [4.78, 5) is 13.9. The number of nitrogens with zero attached hydrogens (tertiary/aromatic N) is 2. The van der Waals surface area contributed by atoms with Gasteiger partial charge in [-0.05, 0) is 43.8 Å². The second-order valence-electron chi connectivity index (χ2n) is 4.68. The van der Waals surface area contributed by atoms with Crippen LogP contribution in [0.5, 0.6) is 0 Å². The molecule has 1 fully saturated rings. The minimum atomic E-state index is -0.0814. The molecule has 0 spiro atoms. The van der Waals surface area contributed by atoms with E-state index in [1.165, 1.54) is 6.42 Å².